The van der Waals surface area contributed by atoms with E-state index < -0.39 is 11.6 Å². The topological polar surface area (TPSA) is 36.9 Å². The van der Waals surface area contributed by atoms with E-state index in [1.54, 1.807) is 0 Å². The molecule has 0 aromatic rings. The van der Waals surface area contributed by atoms with Crippen LogP contribution in [0.15, 0.2) is 0 Å². The molecule has 0 N–H and O–H groups in total. The standard InChI is InChI=1S/C20H34O4/c1-19(21-15-7-3-8-15,22-16-9-4-10-16)20(2,23-17-11-5-12-17)24-18-13-6-14-18/h15-18H,3-14H2,1-2H3. The van der Waals surface area contributed by atoms with Crippen LogP contribution >= 0.6 is 0 Å². The molecule has 4 aliphatic carbocycles. The van der Waals surface area contributed by atoms with Crippen LogP contribution < -0.4 is 0 Å². The number of hydrogen-bond acceptors (Lipinski definition) is 4. The largest absolute Gasteiger partial charge is 0.342 e. The molecule has 0 aromatic carbocycles. The monoisotopic (exact) mass is 338 g/mol. The lowest BCUT2D eigenvalue weighted by atomic mass is 9.91. The summed E-state index contributed by atoms with van der Waals surface area (Å²) in [5, 5.41) is 0. The van der Waals surface area contributed by atoms with Crippen LogP contribution in [0.5, 0.6) is 0 Å². The van der Waals surface area contributed by atoms with Gasteiger partial charge >= 0.3 is 0 Å². The van der Waals surface area contributed by atoms with Crippen molar-refractivity contribution in [3.8, 4) is 0 Å². The van der Waals surface area contributed by atoms with Crippen LogP contribution in [-0.4, -0.2) is 36.0 Å². The van der Waals surface area contributed by atoms with Gasteiger partial charge in [-0.1, -0.05) is 0 Å². The molecular weight excluding hydrogens is 304 g/mol. The predicted octanol–water partition coefficient (Wildman–Crippen LogP) is 4.70. The highest BCUT2D eigenvalue weighted by Gasteiger charge is 2.56. The van der Waals surface area contributed by atoms with Crippen LogP contribution in [0.2, 0.25) is 0 Å². The number of ether oxygens (including phenoxy) is 4. The molecule has 4 rings (SSSR count). The van der Waals surface area contributed by atoms with Gasteiger partial charge in [0.2, 0.25) is 11.6 Å². The average molecular weight is 338 g/mol. The normalized spacial score (nSPS) is 27.2. The Morgan fingerprint density at radius 1 is 0.458 bits per heavy atom. The Balaban J connectivity index is 1.52. The van der Waals surface area contributed by atoms with E-state index in [4.69, 9.17) is 18.9 Å². The van der Waals surface area contributed by atoms with Crippen molar-refractivity contribution in [2.75, 3.05) is 0 Å². The zero-order valence-electron chi connectivity index (χ0n) is 15.4. The van der Waals surface area contributed by atoms with Gasteiger partial charge in [-0.15, -0.1) is 0 Å². The first kappa shape index (κ1) is 17.3. The molecule has 4 fully saturated rings. The van der Waals surface area contributed by atoms with Gasteiger partial charge in [-0.3, -0.25) is 0 Å². The highest BCUT2D eigenvalue weighted by molar-refractivity contribution is 4.91. The molecule has 4 nitrogen and oxygen atoms in total. The second kappa shape index (κ2) is 6.86. The molecule has 0 amide bonds. The summed E-state index contributed by atoms with van der Waals surface area (Å²) in [7, 11) is 0. The maximum absolute atomic E-state index is 6.51. The minimum absolute atomic E-state index is 0.296. The summed E-state index contributed by atoms with van der Waals surface area (Å²) in [6.07, 6.45) is 15.3. The van der Waals surface area contributed by atoms with Crippen molar-refractivity contribution >= 4 is 0 Å². The second-order valence-electron chi connectivity index (χ2n) is 8.57. The molecule has 0 spiro atoms. The average Bonchev–Trinajstić information content (AvgIpc) is 2.38. The van der Waals surface area contributed by atoms with Crippen LogP contribution in [0.25, 0.3) is 0 Å². The van der Waals surface area contributed by atoms with E-state index in [1.807, 2.05) is 0 Å². The quantitative estimate of drug-likeness (QED) is 0.571. The zero-order chi connectivity index (χ0) is 16.6. The van der Waals surface area contributed by atoms with E-state index in [9.17, 15) is 0 Å². The highest BCUT2D eigenvalue weighted by Crippen LogP contribution is 2.45. The smallest absolute Gasteiger partial charge is 0.221 e. The molecule has 0 saturated heterocycles. The predicted molar refractivity (Wildman–Crippen MR) is 91.7 cm³/mol. The van der Waals surface area contributed by atoms with Crippen molar-refractivity contribution in [1.29, 1.82) is 0 Å². The third-order valence-electron chi connectivity index (χ3n) is 6.60. The molecule has 0 unspecified atom stereocenters. The Bertz CT molecular complexity index is 349. The molecule has 0 aromatic heterocycles. The Kier molecular flexibility index (Phi) is 4.94. The van der Waals surface area contributed by atoms with E-state index in [-0.39, 0.29) is 0 Å². The zero-order valence-corrected chi connectivity index (χ0v) is 15.4. The molecule has 138 valence electrons. The van der Waals surface area contributed by atoms with Gasteiger partial charge in [-0.25, -0.2) is 0 Å². The third-order valence-corrected chi connectivity index (χ3v) is 6.60. The summed E-state index contributed by atoms with van der Waals surface area (Å²) in [6.45, 7) is 4.14. The molecule has 4 heteroatoms. The lowest BCUT2D eigenvalue weighted by molar-refractivity contribution is -0.441. The Hall–Kier alpha value is -0.160. The molecule has 0 radical (unpaired) electrons. The van der Waals surface area contributed by atoms with Crippen molar-refractivity contribution in [3.63, 3.8) is 0 Å². The van der Waals surface area contributed by atoms with Gasteiger partial charge in [0.25, 0.3) is 0 Å². The van der Waals surface area contributed by atoms with E-state index in [1.165, 1.54) is 25.7 Å². The number of rotatable bonds is 9. The molecule has 4 saturated carbocycles. The van der Waals surface area contributed by atoms with Crippen molar-refractivity contribution in [2.24, 2.45) is 0 Å². The van der Waals surface area contributed by atoms with Gasteiger partial charge in [0.05, 0.1) is 24.4 Å². The molecular formula is C20H34O4. The first-order valence-electron chi connectivity index (χ1n) is 10.3. The molecule has 0 bridgehead atoms. The summed E-state index contributed by atoms with van der Waals surface area (Å²) < 4.78 is 26.0. The number of hydrogen-bond donors (Lipinski definition) is 0. The van der Waals surface area contributed by atoms with Crippen molar-refractivity contribution < 1.29 is 18.9 Å². The Labute approximate surface area is 146 Å². The van der Waals surface area contributed by atoms with Crippen LogP contribution in [0.4, 0.5) is 0 Å². The fourth-order valence-corrected chi connectivity index (χ4v) is 3.71. The maximum Gasteiger partial charge on any atom is 0.221 e. The minimum atomic E-state index is -0.811. The van der Waals surface area contributed by atoms with Crippen molar-refractivity contribution in [2.45, 2.75) is 127 Å². The van der Waals surface area contributed by atoms with Crippen LogP contribution in [0.1, 0.15) is 90.9 Å². The first-order chi connectivity index (χ1) is 11.6. The van der Waals surface area contributed by atoms with E-state index in [0.717, 1.165) is 51.4 Å². The van der Waals surface area contributed by atoms with Gasteiger partial charge in [-0.2, -0.15) is 0 Å². The van der Waals surface area contributed by atoms with E-state index in [2.05, 4.69) is 13.8 Å². The van der Waals surface area contributed by atoms with Crippen LogP contribution in [0.3, 0.4) is 0 Å². The fraction of sp³-hybridized carbons (Fsp3) is 1.00. The first-order valence-corrected chi connectivity index (χ1v) is 10.3. The molecule has 0 heterocycles. The SMILES string of the molecule is CC(OC1CCC1)(OC1CCC1)C(C)(OC1CCC1)OC1CCC1. The van der Waals surface area contributed by atoms with Gasteiger partial charge in [-0.05, 0) is 90.9 Å². The highest BCUT2D eigenvalue weighted by atomic mass is 16.8. The molecule has 0 aliphatic heterocycles. The van der Waals surface area contributed by atoms with E-state index >= 15 is 0 Å². The summed E-state index contributed by atoms with van der Waals surface area (Å²) in [5.41, 5.74) is 0. The van der Waals surface area contributed by atoms with Crippen molar-refractivity contribution in [1.82, 2.24) is 0 Å². The fourth-order valence-electron chi connectivity index (χ4n) is 3.71. The lowest BCUT2D eigenvalue weighted by Gasteiger charge is -2.53. The minimum Gasteiger partial charge on any atom is -0.342 e. The summed E-state index contributed by atoms with van der Waals surface area (Å²) >= 11 is 0. The van der Waals surface area contributed by atoms with Crippen molar-refractivity contribution in [3.05, 3.63) is 0 Å². The van der Waals surface area contributed by atoms with Crippen LogP contribution in [0, 0.1) is 0 Å². The summed E-state index contributed by atoms with van der Waals surface area (Å²) in [6, 6.07) is 0. The molecule has 24 heavy (non-hydrogen) atoms. The van der Waals surface area contributed by atoms with Gasteiger partial charge in [0.1, 0.15) is 0 Å². The van der Waals surface area contributed by atoms with Gasteiger partial charge in [0, 0.05) is 0 Å². The van der Waals surface area contributed by atoms with Gasteiger partial charge in [0.15, 0.2) is 0 Å². The molecule has 4 aliphatic rings. The maximum atomic E-state index is 6.51. The Morgan fingerprint density at radius 3 is 0.792 bits per heavy atom. The third kappa shape index (κ3) is 3.40. The van der Waals surface area contributed by atoms with E-state index in [0.29, 0.717) is 24.4 Å². The summed E-state index contributed by atoms with van der Waals surface area (Å²) in [4.78, 5) is 0. The van der Waals surface area contributed by atoms with Crippen LogP contribution in [-0.2, 0) is 18.9 Å². The Morgan fingerprint density at radius 2 is 0.667 bits per heavy atom. The molecule has 0 atom stereocenters. The van der Waals surface area contributed by atoms with Gasteiger partial charge < -0.3 is 18.9 Å². The lowest BCUT2D eigenvalue weighted by Crippen LogP contribution is -2.63. The summed E-state index contributed by atoms with van der Waals surface area (Å²) in [5.74, 6) is -1.62. The second-order valence-corrected chi connectivity index (χ2v) is 8.57.